The molecule has 1 saturated heterocycles. The van der Waals surface area contributed by atoms with Crippen LogP contribution in [0.4, 0.5) is 23.8 Å². The molecule has 3 heterocycles. The highest BCUT2D eigenvalue weighted by molar-refractivity contribution is 6.01. The van der Waals surface area contributed by atoms with E-state index in [0.29, 0.717) is 11.3 Å². The van der Waals surface area contributed by atoms with Gasteiger partial charge in [-0.25, -0.2) is 9.78 Å². The third kappa shape index (κ3) is 7.91. The molecule has 0 radical (unpaired) electrons. The number of halogens is 3. The van der Waals surface area contributed by atoms with Crippen molar-refractivity contribution in [2.75, 3.05) is 11.9 Å². The van der Waals surface area contributed by atoms with E-state index in [9.17, 15) is 27.6 Å². The molecular weight excluding hydrogens is 521 g/mol. The van der Waals surface area contributed by atoms with E-state index in [1.165, 1.54) is 24.6 Å². The minimum atomic E-state index is -4.56. The second-order valence-electron chi connectivity index (χ2n) is 10.6. The third-order valence-corrected chi connectivity index (χ3v) is 5.80. The van der Waals surface area contributed by atoms with E-state index in [-0.39, 0.29) is 23.8 Å². The number of pyridine rings is 1. The van der Waals surface area contributed by atoms with Gasteiger partial charge in [0.25, 0.3) is 11.8 Å². The number of urea groups is 1. The second-order valence-corrected chi connectivity index (χ2v) is 10.6. The van der Waals surface area contributed by atoms with Crippen molar-refractivity contribution in [3.05, 3.63) is 41.4 Å². The Hall–Kier alpha value is -3.68. The van der Waals surface area contributed by atoms with Crippen LogP contribution in [-0.4, -0.2) is 69.4 Å². The van der Waals surface area contributed by atoms with Crippen LogP contribution in [0.2, 0.25) is 0 Å². The predicted molar refractivity (Wildman–Crippen MR) is 134 cm³/mol. The molecule has 0 bridgehead atoms. The number of nitrogens with one attached hydrogen (secondary N) is 3. The molecule has 0 aromatic carbocycles. The van der Waals surface area contributed by atoms with Crippen LogP contribution in [-0.2, 0) is 16.1 Å². The Morgan fingerprint density at radius 1 is 1.26 bits per heavy atom. The number of carbonyl (C=O) groups is 3. The zero-order valence-electron chi connectivity index (χ0n) is 22.5. The van der Waals surface area contributed by atoms with Gasteiger partial charge >= 0.3 is 12.2 Å². The van der Waals surface area contributed by atoms with Crippen molar-refractivity contribution in [1.29, 1.82) is 0 Å². The summed E-state index contributed by atoms with van der Waals surface area (Å²) >= 11 is 0. The summed E-state index contributed by atoms with van der Waals surface area (Å²) in [4.78, 5) is 43.5. The predicted octanol–water partition coefficient (Wildman–Crippen LogP) is 3.59. The molecule has 1 aliphatic rings. The summed E-state index contributed by atoms with van der Waals surface area (Å²) in [6, 6.07) is -0.995. The second kappa shape index (κ2) is 11.6. The van der Waals surface area contributed by atoms with Gasteiger partial charge in [-0.15, -0.1) is 0 Å². The normalized spacial score (nSPS) is 17.6. The Balaban J connectivity index is 1.76. The number of anilines is 1. The molecule has 0 spiro atoms. The number of ether oxygens (including phenoxy) is 1. The van der Waals surface area contributed by atoms with Gasteiger partial charge in [-0.2, -0.15) is 13.2 Å². The van der Waals surface area contributed by atoms with Crippen LogP contribution in [0.15, 0.2) is 29.1 Å². The van der Waals surface area contributed by atoms with Crippen molar-refractivity contribution in [1.82, 2.24) is 25.7 Å². The number of hydrogen-bond donors (Lipinski definition) is 3. The molecule has 4 amide bonds. The van der Waals surface area contributed by atoms with Gasteiger partial charge in [0.15, 0.2) is 0 Å². The first-order valence-corrected chi connectivity index (χ1v) is 12.4. The molecule has 3 atom stereocenters. The molecule has 2 aromatic heterocycles. The molecule has 0 aliphatic carbocycles. The lowest BCUT2D eigenvalue weighted by Gasteiger charge is -2.30. The Kier molecular flexibility index (Phi) is 8.88. The number of carbonyl (C=O) groups excluding carboxylic acids is 3. The molecule has 11 nitrogen and oxygen atoms in total. The van der Waals surface area contributed by atoms with Crippen molar-refractivity contribution in [2.45, 2.75) is 84.0 Å². The lowest BCUT2D eigenvalue weighted by molar-refractivity contribution is -0.149. The van der Waals surface area contributed by atoms with Gasteiger partial charge < -0.3 is 30.1 Å². The van der Waals surface area contributed by atoms with Crippen LogP contribution in [0.5, 0.6) is 0 Å². The fourth-order valence-corrected chi connectivity index (χ4v) is 4.05. The topological polar surface area (TPSA) is 139 Å². The number of hydrogen-bond acceptors (Lipinski definition) is 7. The maximum Gasteiger partial charge on any atom is 0.410 e. The maximum absolute atomic E-state index is 13.3. The zero-order chi connectivity index (χ0) is 29.1. The molecule has 3 N–H and O–H groups in total. The number of aromatic nitrogens is 2. The van der Waals surface area contributed by atoms with Gasteiger partial charge in [0.1, 0.15) is 29.7 Å². The van der Waals surface area contributed by atoms with Gasteiger partial charge in [0.05, 0.1) is 23.9 Å². The number of rotatable bonds is 9. The van der Waals surface area contributed by atoms with Crippen LogP contribution >= 0.6 is 0 Å². The monoisotopic (exact) mass is 554 g/mol. The van der Waals surface area contributed by atoms with Crippen molar-refractivity contribution >= 4 is 23.7 Å². The van der Waals surface area contributed by atoms with Crippen molar-refractivity contribution < 1.29 is 36.8 Å². The third-order valence-electron chi connectivity index (χ3n) is 5.80. The molecule has 0 unspecified atom stereocenters. The van der Waals surface area contributed by atoms with Crippen LogP contribution in [0.25, 0.3) is 0 Å². The van der Waals surface area contributed by atoms with Crippen molar-refractivity contribution in [2.24, 2.45) is 0 Å². The van der Waals surface area contributed by atoms with Gasteiger partial charge in [0.2, 0.25) is 0 Å². The summed E-state index contributed by atoms with van der Waals surface area (Å²) in [5.41, 5.74) is 0.436. The Labute approximate surface area is 223 Å². The smallest absolute Gasteiger partial charge is 0.370 e. The molecular formula is C25H33F3N6O5. The first-order valence-electron chi connectivity index (χ1n) is 12.4. The zero-order valence-corrected chi connectivity index (χ0v) is 22.5. The van der Waals surface area contributed by atoms with Crippen LogP contribution < -0.4 is 16.0 Å². The molecule has 1 fully saturated rings. The average Bonchev–Trinajstić information content (AvgIpc) is 3.43. The van der Waals surface area contributed by atoms with Gasteiger partial charge in [-0.3, -0.25) is 9.59 Å². The highest BCUT2D eigenvalue weighted by Gasteiger charge is 2.46. The minimum Gasteiger partial charge on any atom is -0.370 e. The van der Waals surface area contributed by atoms with E-state index in [1.807, 2.05) is 19.2 Å². The van der Waals surface area contributed by atoms with Gasteiger partial charge in [-0.1, -0.05) is 19.0 Å². The molecule has 39 heavy (non-hydrogen) atoms. The molecule has 214 valence electrons. The van der Waals surface area contributed by atoms with Gasteiger partial charge in [0, 0.05) is 12.7 Å². The fourth-order valence-electron chi connectivity index (χ4n) is 4.05. The highest BCUT2D eigenvalue weighted by Crippen LogP contribution is 2.25. The summed E-state index contributed by atoms with van der Waals surface area (Å²) in [7, 11) is 0. The molecule has 2 aromatic rings. The first-order chi connectivity index (χ1) is 18.0. The highest BCUT2D eigenvalue weighted by atomic mass is 19.4. The van der Waals surface area contributed by atoms with E-state index < -0.39 is 54.4 Å². The number of nitrogens with zero attached hydrogens (tertiary/aromatic N) is 3. The Bertz CT molecular complexity index is 1190. The standard InChI is InChI=1S/C25H33F3N6O5/c1-13(2)19-16(12-38-33-19)21(35)32-20(14(3)39-24(4,5)6)22(36)31-18-9-15(7-8-29-18)10-34-11-17(25(26,27)28)30-23(34)37/h7-9,12-14,17,20H,10-11H2,1-6H3,(H,30,37)(H,32,35)(H,29,31,36)/t14-,17+,20+/m1/s1. The molecule has 14 heteroatoms. The number of alkyl halides is 3. The van der Waals surface area contributed by atoms with Crippen molar-refractivity contribution in [3.63, 3.8) is 0 Å². The maximum atomic E-state index is 13.3. The summed E-state index contributed by atoms with van der Waals surface area (Å²) in [5, 5.41) is 11.1. The Morgan fingerprint density at radius 2 is 1.95 bits per heavy atom. The summed E-state index contributed by atoms with van der Waals surface area (Å²) in [6.45, 7) is 10.1. The summed E-state index contributed by atoms with van der Waals surface area (Å²) < 4.78 is 49.9. The largest absolute Gasteiger partial charge is 0.410 e. The van der Waals surface area contributed by atoms with Crippen molar-refractivity contribution in [3.8, 4) is 0 Å². The van der Waals surface area contributed by atoms with E-state index >= 15 is 0 Å². The molecule has 0 saturated carbocycles. The minimum absolute atomic E-state index is 0.0829. The summed E-state index contributed by atoms with van der Waals surface area (Å²) in [5.74, 6) is -1.23. The van der Waals surface area contributed by atoms with E-state index in [4.69, 9.17) is 9.26 Å². The van der Waals surface area contributed by atoms with Crippen LogP contribution in [0, 0.1) is 0 Å². The average molecular weight is 555 g/mol. The SMILES string of the molecule is CC(C)c1nocc1C(=O)N[C@H](C(=O)Nc1cc(CN2C[C@@H](C(F)(F)F)NC2=O)ccn1)[C@@H](C)OC(C)(C)C. The van der Waals surface area contributed by atoms with Gasteiger partial charge in [-0.05, 0) is 51.3 Å². The molecule has 3 rings (SSSR count). The quantitative estimate of drug-likeness (QED) is 0.431. The van der Waals surface area contributed by atoms with E-state index in [0.717, 1.165) is 4.90 Å². The van der Waals surface area contributed by atoms with E-state index in [1.54, 1.807) is 27.7 Å². The molecule has 1 aliphatic heterocycles. The number of amides is 4. The lowest BCUT2D eigenvalue weighted by atomic mass is 10.0. The summed E-state index contributed by atoms with van der Waals surface area (Å²) in [6.07, 6.45) is -2.77. The first kappa shape index (κ1) is 29.9. The Morgan fingerprint density at radius 3 is 2.54 bits per heavy atom. The van der Waals surface area contributed by atoms with Crippen LogP contribution in [0.1, 0.15) is 69.1 Å². The van der Waals surface area contributed by atoms with E-state index in [2.05, 4.69) is 20.8 Å². The fraction of sp³-hybridized carbons (Fsp3) is 0.560. The van der Waals surface area contributed by atoms with Crippen LogP contribution in [0.3, 0.4) is 0 Å². The lowest BCUT2D eigenvalue weighted by Crippen LogP contribution is -2.52.